The van der Waals surface area contributed by atoms with Crippen molar-refractivity contribution in [1.82, 2.24) is 24.8 Å². The van der Waals surface area contributed by atoms with Crippen LogP contribution in [0, 0.1) is 0 Å². The minimum atomic E-state index is 0.0243. The lowest BCUT2D eigenvalue weighted by atomic mass is 10.1. The number of rotatable bonds is 5. The average molecular weight is 321 g/mol. The Bertz CT molecular complexity index is 546. The molecule has 3 atom stereocenters. The average Bonchev–Trinajstić information content (AvgIpc) is 3.31. The summed E-state index contributed by atoms with van der Waals surface area (Å²) in [4.78, 5) is 17.2. The van der Waals surface area contributed by atoms with E-state index in [9.17, 15) is 4.79 Å². The van der Waals surface area contributed by atoms with Gasteiger partial charge in [-0.1, -0.05) is 5.21 Å². The maximum absolute atomic E-state index is 12.8. The number of carbonyl (C=O) groups is 1. The molecular formula is C16H27N5O2. The number of ether oxygens (including phenoxy) is 1. The third kappa shape index (κ3) is 3.12. The third-order valence-corrected chi connectivity index (χ3v) is 5.38. The summed E-state index contributed by atoms with van der Waals surface area (Å²) in [5.74, 6) is 0.0243. The van der Waals surface area contributed by atoms with Crippen LogP contribution >= 0.6 is 0 Å². The van der Waals surface area contributed by atoms with Crippen molar-refractivity contribution in [2.75, 3.05) is 27.2 Å². The van der Waals surface area contributed by atoms with Crippen LogP contribution in [0.1, 0.15) is 43.1 Å². The molecule has 1 saturated heterocycles. The molecule has 0 radical (unpaired) electrons. The highest BCUT2D eigenvalue weighted by Gasteiger charge is 2.39. The molecule has 1 aromatic rings. The minimum Gasteiger partial charge on any atom is -0.380 e. The molecule has 0 bridgehead atoms. The molecule has 2 aliphatic rings. The first kappa shape index (κ1) is 16.4. The molecule has 0 spiro atoms. The van der Waals surface area contributed by atoms with E-state index in [1.54, 1.807) is 18.0 Å². The maximum atomic E-state index is 12.8. The molecule has 1 amide bonds. The number of likely N-dealkylation sites (tertiary alicyclic amines) is 1. The smallest absolute Gasteiger partial charge is 0.273 e. The van der Waals surface area contributed by atoms with Crippen molar-refractivity contribution in [1.29, 1.82) is 0 Å². The van der Waals surface area contributed by atoms with E-state index in [1.165, 1.54) is 6.42 Å². The zero-order valence-electron chi connectivity index (χ0n) is 14.3. The zero-order valence-corrected chi connectivity index (χ0v) is 14.3. The zero-order chi connectivity index (χ0) is 16.4. The molecule has 1 aliphatic heterocycles. The maximum Gasteiger partial charge on any atom is 0.273 e. The molecule has 7 heteroatoms. The van der Waals surface area contributed by atoms with Crippen LogP contribution in [-0.4, -0.2) is 76.1 Å². The number of likely N-dealkylation sites (N-methyl/N-ethyl adjacent to an activating group) is 1. The second-order valence-corrected chi connectivity index (χ2v) is 6.56. The number of aromatic nitrogens is 3. The summed E-state index contributed by atoms with van der Waals surface area (Å²) in [5, 5.41) is 7.85. The fourth-order valence-corrected chi connectivity index (χ4v) is 4.03. The Balaban J connectivity index is 1.71. The monoisotopic (exact) mass is 321 g/mol. The summed E-state index contributed by atoms with van der Waals surface area (Å²) < 4.78 is 7.16. The summed E-state index contributed by atoms with van der Waals surface area (Å²) in [7, 11) is 3.71. The highest BCUT2D eigenvalue weighted by Crippen LogP contribution is 2.31. The van der Waals surface area contributed by atoms with Crippen LogP contribution in [0.25, 0.3) is 0 Å². The van der Waals surface area contributed by atoms with Gasteiger partial charge in [-0.3, -0.25) is 9.69 Å². The largest absolute Gasteiger partial charge is 0.380 e. The Labute approximate surface area is 137 Å². The topological polar surface area (TPSA) is 63.5 Å². The number of carbonyl (C=O) groups excluding carboxylic acids is 1. The SMILES string of the molecule is CCn1nncc1C(=O)N(C)[C@@H]1CCC[C@@H]1N1CCC(OC)C1. The van der Waals surface area contributed by atoms with Crippen molar-refractivity contribution in [3.63, 3.8) is 0 Å². The number of hydrogen-bond acceptors (Lipinski definition) is 5. The summed E-state index contributed by atoms with van der Waals surface area (Å²) in [6, 6.07) is 0.702. The van der Waals surface area contributed by atoms with Gasteiger partial charge in [-0.05, 0) is 32.6 Å². The van der Waals surface area contributed by atoms with Crippen molar-refractivity contribution >= 4 is 5.91 Å². The molecule has 7 nitrogen and oxygen atoms in total. The van der Waals surface area contributed by atoms with Gasteiger partial charge >= 0.3 is 0 Å². The van der Waals surface area contributed by atoms with Gasteiger partial charge in [0.1, 0.15) is 5.69 Å². The molecule has 0 aromatic carbocycles. The Morgan fingerprint density at radius 2 is 2.26 bits per heavy atom. The van der Waals surface area contributed by atoms with Gasteiger partial charge in [0.2, 0.25) is 0 Å². The van der Waals surface area contributed by atoms with Crippen LogP contribution in [0.15, 0.2) is 6.20 Å². The molecule has 128 valence electrons. The van der Waals surface area contributed by atoms with Crippen LogP contribution in [0.3, 0.4) is 0 Å². The van der Waals surface area contributed by atoms with E-state index < -0.39 is 0 Å². The van der Waals surface area contributed by atoms with Crippen LogP contribution in [0.5, 0.6) is 0 Å². The number of amides is 1. The lowest BCUT2D eigenvalue weighted by Gasteiger charge is -2.35. The summed E-state index contributed by atoms with van der Waals surface area (Å²) in [5.41, 5.74) is 0.580. The second-order valence-electron chi connectivity index (χ2n) is 6.56. The summed E-state index contributed by atoms with van der Waals surface area (Å²) in [6.45, 7) is 4.67. The van der Waals surface area contributed by atoms with Crippen LogP contribution in [-0.2, 0) is 11.3 Å². The molecule has 1 aromatic heterocycles. The molecule has 1 unspecified atom stereocenters. The van der Waals surface area contributed by atoms with Crippen molar-refractivity contribution in [2.24, 2.45) is 0 Å². The van der Waals surface area contributed by atoms with E-state index in [0.29, 0.717) is 24.4 Å². The molecule has 1 saturated carbocycles. The number of aryl methyl sites for hydroxylation is 1. The number of hydrogen-bond donors (Lipinski definition) is 0. The van der Waals surface area contributed by atoms with E-state index >= 15 is 0 Å². The molecular weight excluding hydrogens is 294 g/mol. The van der Waals surface area contributed by atoms with Crippen molar-refractivity contribution in [3.8, 4) is 0 Å². The minimum absolute atomic E-state index is 0.0243. The van der Waals surface area contributed by atoms with Gasteiger partial charge < -0.3 is 9.64 Å². The quantitative estimate of drug-likeness (QED) is 0.810. The second kappa shape index (κ2) is 6.97. The lowest BCUT2D eigenvalue weighted by molar-refractivity contribution is 0.0595. The summed E-state index contributed by atoms with van der Waals surface area (Å²) in [6.07, 6.45) is 6.39. The van der Waals surface area contributed by atoms with Gasteiger partial charge in [0.25, 0.3) is 5.91 Å². The first-order chi connectivity index (χ1) is 11.2. The Morgan fingerprint density at radius 3 is 2.96 bits per heavy atom. The van der Waals surface area contributed by atoms with Gasteiger partial charge in [-0.2, -0.15) is 0 Å². The van der Waals surface area contributed by atoms with Crippen molar-refractivity contribution in [3.05, 3.63) is 11.9 Å². The lowest BCUT2D eigenvalue weighted by Crippen LogP contribution is -2.49. The first-order valence-electron chi connectivity index (χ1n) is 8.58. The molecule has 2 fully saturated rings. The van der Waals surface area contributed by atoms with Crippen molar-refractivity contribution in [2.45, 2.75) is 57.3 Å². The van der Waals surface area contributed by atoms with E-state index in [2.05, 4.69) is 15.2 Å². The summed E-state index contributed by atoms with van der Waals surface area (Å²) >= 11 is 0. The van der Waals surface area contributed by atoms with E-state index in [-0.39, 0.29) is 11.9 Å². The van der Waals surface area contributed by atoms with Crippen LogP contribution in [0.4, 0.5) is 0 Å². The third-order valence-electron chi connectivity index (χ3n) is 5.38. The van der Waals surface area contributed by atoms with Gasteiger partial charge in [0.05, 0.1) is 12.3 Å². The molecule has 3 rings (SSSR count). The Morgan fingerprint density at radius 1 is 1.43 bits per heavy atom. The standard InChI is InChI=1S/C16H27N5O2/c1-4-21-15(10-17-18-21)16(22)19(2)13-6-5-7-14(13)20-9-8-12(11-20)23-3/h10,12-14H,4-9,11H2,1-3H3/t12?,13-,14+/m1/s1. The first-order valence-corrected chi connectivity index (χ1v) is 8.58. The molecule has 0 N–H and O–H groups in total. The van der Waals surface area contributed by atoms with Gasteiger partial charge in [-0.25, -0.2) is 4.68 Å². The highest BCUT2D eigenvalue weighted by atomic mass is 16.5. The van der Waals surface area contributed by atoms with E-state index in [0.717, 1.165) is 32.4 Å². The fraction of sp³-hybridized carbons (Fsp3) is 0.812. The van der Waals surface area contributed by atoms with Gasteiger partial charge in [0, 0.05) is 45.9 Å². The van der Waals surface area contributed by atoms with Crippen LogP contribution in [0.2, 0.25) is 0 Å². The van der Waals surface area contributed by atoms with Gasteiger partial charge in [-0.15, -0.1) is 5.10 Å². The fourth-order valence-electron chi connectivity index (χ4n) is 4.03. The molecule has 2 heterocycles. The molecule has 23 heavy (non-hydrogen) atoms. The normalized spacial score (nSPS) is 28.4. The highest BCUT2D eigenvalue weighted by molar-refractivity contribution is 5.92. The Kier molecular flexibility index (Phi) is 4.96. The Hall–Kier alpha value is -1.47. The number of methoxy groups -OCH3 is 1. The van der Waals surface area contributed by atoms with Crippen molar-refractivity contribution < 1.29 is 9.53 Å². The van der Waals surface area contributed by atoms with E-state index in [4.69, 9.17) is 4.74 Å². The van der Waals surface area contributed by atoms with E-state index in [1.807, 2.05) is 18.9 Å². The van der Waals surface area contributed by atoms with Crippen LogP contribution < -0.4 is 0 Å². The van der Waals surface area contributed by atoms with Gasteiger partial charge in [0.15, 0.2) is 0 Å². The predicted molar refractivity (Wildman–Crippen MR) is 86.2 cm³/mol. The number of nitrogens with zero attached hydrogens (tertiary/aromatic N) is 5. The predicted octanol–water partition coefficient (Wildman–Crippen LogP) is 1.01. The molecule has 1 aliphatic carbocycles.